The van der Waals surface area contributed by atoms with Crippen LogP contribution in [0.25, 0.3) is 0 Å². The first kappa shape index (κ1) is 27.5. The summed E-state index contributed by atoms with van der Waals surface area (Å²) in [4.78, 5) is 26.6. The summed E-state index contributed by atoms with van der Waals surface area (Å²) in [6, 6.07) is 11.4. The van der Waals surface area contributed by atoms with Crippen molar-refractivity contribution in [3.63, 3.8) is 0 Å². The fraction of sp³-hybridized carbons (Fsp3) is 0.333. The summed E-state index contributed by atoms with van der Waals surface area (Å²) in [6.07, 6.45) is -5.90. The van der Waals surface area contributed by atoms with Gasteiger partial charge in [-0.15, -0.1) is 6.58 Å². The molecule has 0 aliphatic heterocycles. The first-order valence-electron chi connectivity index (χ1n) is 10.2. The number of benzene rings is 2. The Bertz CT molecular complexity index is 1040. The molecule has 2 aromatic rings. The quantitative estimate of drug-likeness (QED) is 0.376. The molecule has 2 aromatic carbocycles. The molecule has 34 heavy (non-hydrogen) atoms. The molecule has 0 fully saturated rings. The Morgan fingerprint density at radius 1 is 1.06 bits per heavy atom. The van der Waals surface area contributed by atoms with Gasteiger partial charge in [-0.05, 0) is 43.2 Å². The summed E-state index contributed by atoms with van der Waals surface area (Å²) in [5, 5.41) is 10.4. The number of alkyl halides is 3. The lowest BCUT2D eigenvalue weighted by molar-refractivity contribution is -0.161. The van der Waals surface area contributed by atoms with Crippen molar-refractivity contribution in [3.8, 4) is 0 Å². The molecule has 0 saturated carbocycles. The number of nitrogens with zero attached hydrogens (tertiary/aromatic N) is 2. The van der Waals surface area contributed by atoms with Gasteiger partial charge in [0.25, 0.3) is 0 Å². The van der Waals surface area contributed by atoms with Crippen molar-refractivity contribution in [2.45, 2.75) is 31.4 Å². The Labute approximate surface area is 206 Å². The highest BCUT2D eigenvalue weighted by molar-refractivity contribution is 6.42. The van der Waals surface area contributed by atoms with Crippen molar-refractivity contribution >= 4 is 40.9 Å². The fourth-order valence-electron chi connectivity index (χ4n) is 3.73. The first-order valence-corrected chi connectivity index (χ1v) is 11.0. The van der Waals surface area contributed by atoms with Crippen molar-refractivity contribution in [1.29, 1.82) is 0 Å². The Morgan fingerprint density at radius 3 is 2.18 bits per heavy atom. The summed E-state index contributed by atoms with van der Waals surface area (Å²) in [6.45, 7) is 5.20. The van der Waals surface area contributed by atoms with Crippen LogP contribution >= 0.6 is 23.2 Å². The molecule has 0 spiro atoms. The van der Waals surface area contributed by atoms with E-state index in [0.717, 1.165) is 15.4 Å². The molecular formula is C24H25Cl2F3N2O3. The number of carbonyl (C=O) groups excluding carboxylic acids is 1. The van der Waals surface area contributed by atoms with Crippen LogP contribution in [0, 0.1) is 6.92 Å². The van der Waals surface area contributed by atoms with Crippen LogP contribution < -0.4 is 4.90 Å². The van der Waals surface area contributed by atoms with Crippen molar-refractivity contribution in [2.75, 3.05) is 25.0 Å². The molecule has 0 aromatic heterocycles. The lowest BCUT2D eigenvalue weighted by atomic mass is 9.76. The van der Waals surface area contributed by atoms with Crippen LogP contribution in [-0.4, -0.2) is 48.3 Å². The van der Waals surface area contributed by atoms with E-state index in [4.69, 9.17) is 23.2 Å². The van der Waals surface area contributed by atoms with Gasteiger partial charge in [0.1, 0.15) is 6.42 Å². The maximum Gasteiger partial charge on any atom is 0.411 e. The van der Waals surface area contributed by atoms with E-state index in [-0.39, 0.29) is 29.6 Å². The monoisotopic (exact) mass is 516 g/mol. The Hall–Kier alpha value is -2.71. The third kappa shape index (κ3) is 7.14. The van der Waals surface area contributed by atoms with Crippen LogP contribution in [0.5, 0.6) is 0 Å². The second-order valence-corrected chi connectivity index (χ2v) is 8.96. The van der Waals surface area contributed by atoms with Gasteiger partial charge in [0, 0.05) is 31.2 Å². The SMILES string of the molecule is C=CC[C@](CN(C)C(=O)CC(F)(F)F)(CN(C(=O)O)c1ccc(C)cc1)c1ccc(Cl)c(Cl)c1. The molecule has 0 heterocycles. The van der Waals surface area contributed by atoms with Gasteiger partial charge in [-0.25, -0.2) is 4.79 Å². The van der Waals surface area contributed by atoms with Crippen LogP contribution in [0.4, 0.5) is 23.7 Å². The zero-order valence-electron chi connectivity index (χ0n) is 18.7. The number of aryl methyl sites for hydroxylation is 1. The smallest absolute Gasteiger partial charge is 0.411 e. The number of amides is 2. The molecular weight excluding hydrogens is 492 g/mol. The van der Waals surface area contributed by atoms with E-state index in [2.05, 4.69) is 6.58 Å². The average Bonchev–Trinajstić information content (AvgIpc) is 2.73. The largest absolute Gasteiger partial charge is 0.465 e. The average molecular weight is 517 g/mol. The number of rotatable bonds is 9. The van der Waals surface area contributed by atoms with Gasteiger partial charge in [-0.3, -0.25) is 9.69 Å². The molecule has 0 unspecified atom stereocenters. The molecule has 5 nitrogen and oxygen atoms in total. The van der Waals surface area contributed by atoms with Crippen LogP contribution in [0.1, 0.15) is 24.0 Å². The number of carboxylic acid groups (broad SMARTS) is 1. The number of carbonyl (C=O) groups is 2. The minimum Gasteiger partial charge on any atom is -0.465 e. The highest BCUT2D eigenvalue weighted by atomic mass is 35.5. The van der Waals surface area contributed by atoms with Gasteiger partial charge in [0.2, 0.25) is 5.91 Å². The van der Waals surface area contributed by atoms with Gasteiger partial charge < -0.3 is 10.0 Å². The molecule has 0 saturated heterocycles. The summed E-state index contributed by atoms with van der Waals surface area (Å²) in [7, 11) is 1.25. The van der Waals surface area contributed by atoms with E-state index >= 15 is 0 Å². The normalized spacial score (nSPS) is 13.1. The number of halogens is 5. The van der Waals surface area contributed by atoms with Gasteiger partial charge in [0.15, 0.2) is 0 Å². The zero-order chi connectivity index (χ0) is 25.7. The zero-order valence-corrected chi connectivity index (χ0v) is 20.2. The number of anilines is 1. The van der Waals surface area contributed by atoms with Crippen LogP contribution in [-0.2, 0) is 10.2 Å². The minimum absolute atomic E-state index is 0.143. The van der Waals surface area contributed by atoms with Gasteiger partial charge >= 0.3 is 12.3 Å². The third-order valence-electron chi connectivity index (χ3n) is 5.42. The molecule has 184 valence electrons. The van der Waals surface area contributed by atoms with Crippen molar-refractivity contribution in [1.82, 2.24) is 4.90 Å². The molecule has 10 heteroatoms. The number of hydrogen-bond acceptors (Lipinski definition) is 2. The van der Waals surface area contributed by atoms with Gasteiger partial charge in [-0.2, -0.15) is 13.2 Å². The second kappa shape index (κ2) is 11.1. The molecule has 0 aliphatic rings. The summed E-state index contributed by atoms with van der Waals surface area (Å²) in [5.41, 5.74) is 0.631. The fourth-order valence-corrected chi connectivity index (χ4v) is 4.03. The molecule has 0 aliphatic carbocycles. The summed E-state index contributed by atoms with van der Waals surface area (Å²) >= 11 is 12.3. The lowest BCUT2D eigenvalue weighted by Gasteiger charge is -2.40. The topological polar surface area (TPSA) is 60.9 Å². The van der Waals surface area contributed by atoms with Gasteiger partial charge in [-0.1, -0.05) is 53.0 Å². The molecule has 0 radical (unpaired) electrons. The van der Waals surface area contributed by atoms with Crippen molar-refractivity contribution in [2.24, 2.45) is 0 Å². The maximum absolute atomic E-state index is 12.9. The van der Waals surface area contributed by atoms with E-state index in [0.29, 0.717) is 11.3 Å². The van der Waals surface area contributed by atoms with Crippen molar-refractivity contribution in [3.05, 3.63) is 76.3 Å². The number of hydrogen-bond donors (Lipinski definition) is 1. The van der Waals surface area contributed by atoms with E-state index in [1.165, 1.54) is 25.3 Å². The molecule has 2 rings (SSSR count). The van der Waals surface area contributed by atoms with Crippen molar-refractivity contribution < 1.29 is 27.9 Å². The third-order valence-corrected chi connectivity index (χ3v) is 6.16. The number of likely N-dealkylation sites (N-methyl/N-ethyl adjacent to an activating group) is 1. The van der Waals surface area contributed by atoms with Crippen LogP contribution in [0.15, 0.2) is 55.1 Å². The Balaban J connectivity index is 2.60. The number of allylic oxidation sites excluding steroid dienone is 1. The van der Waals surface area contributed by atoms with Crippen LogP contribution in [0.2, 0.25) is 10.0 Å². The molecule has 1 N–H and O–H groups in total. The highest BCUT2D eigenvalue weighted by Gasteiger charge is 2.40. The standard InChI is InChI=1S/C24H25Cl2F3N2O3/c1-4-11-23(17-7-10-19(25)20(26)12-17,14-30(3)21(32)13-24(27,28)29)15-31(22(33)34)18-8-5-16(2)6-9-18/h4-10,12H,1,11,13-15H2,2-3H3,(H,33,34)/t23-/m0/s1. The van der Waals surface area contributed by atoms with E-state index in [1.54, 1.807) is 30.3 Å². The van der Waals surface area contributed by atoms with E-state index in [9.17, 15) is 27.9 Å². The maximum atomic E-state index is 12.9. The molecule has 1 atom stereocenters. The lowest BCUT2D eigenvalue weighted by Crippen LogP contribution is -2.51. The van der Waals surface area contributed by atoms with E-state index < -0.39 is 30.0 Å². The summed E-state index contributed by atoms with van der Waals surface area (Å²) in [5.74, 6) is -1.14. The van der Waals surface area contributed by atoms with Crippen LogP contribution in [0.3, 0.4) is 0 Å². The minimum atomic E-state index is -4.68. The molecule has 2 amide bonds. The summed E-state index contributed by atoms with van der Waals surface area (Å²) < 4.78 is 38.6. The van der Waals surface area contributed by atoms with Gasteiger partial charge in [0.05, 0.1) is 10.0 Å². The Kier molecular flexibility index (Phi) is 9.02. The Morgan fingerprint density at radius 2 is 1.68 bits per heavy atom. The molecule has 0 bridgehead atoms. The second-order valence-electron chi connectivity index (χ2n) is 8.15. The highest BCUT2D eigenvalue weighted by Crippen LogP contribution is 2.36. The predicted molar refractivity (Wildman–Crippen MR) is 128 cm³/mol. The first-order chi connectivity index (χ1) is 15.8. The predicted octanol–water partition coefficient (Wildman–Crippen LogP) is 6.71. The van der Waals surface area contributed by atoms with E-state index in [1.807, 2.05) is 6.92 Å².